The third-order valence-electron chi connectivity index (χ3n) is 2.60. The smallest absolute Gasteiger partial charge is 0.255 e. The van der Waals surface area contributed by atoms with Crippen LogP contribution in [0.4, 0.5) is 0 Å². The van der Waals surface area contributed by atoms with Gasteiger partial charge in [-0.3, -0.25) is 9.59 Å². The zero-order valence-electron chi connectivity index (χ0n) is 10.7. The number of hydrogen-bond donors (Lipinski definition) is 2. The number of carbonyl (C=O) groups excluding carboxylic acids is 2. The van der Waals surface area contributed by atoms with Crippen LogP contribution in [-0.2, 0) is 4.79 Å². The van der Waals surface area contributed by atoms with Gasteiger partial charge in [-0.15, -0.1) is 0 Å². The number of primary amides is 1. The molecule has 1 rings (SSSR count). The lowest BCUT2D eigenvalue weighted by Gasteiger charge is -2.21. The van der Waals surface area contributed by atoms with Crippen molar-refractivity contribution in [3.05, 3.63) is 28.8 Å². The fraction of sp³-hybridized carbons (Fsp3) is 0.385. The van der Waals surface area contributed by atoms with E-state index < -0.39 is 11.8 Å². The number of phenols is 1. The summed E-state index contributed by atoms with van der Waals surface area (Å²) < 4.78 is 0. The molecule has 6 heteroatoms. The van der Waals surface area contributed by atoms with E-state index in [0.29, 0.717) is 6.54 Å². The van der Waals surface area contributed by atoms with Crippen molar-refractivity contribution in [2.24, 2.45) is 5.73 Å². The van der Waals surface area contributed by atoms with Gasteiger partial charge in [0.2, 0.25) is 5.91 Å². The highest BCUT2D eigenvalue weighted by Crippen LogP contribution is 2.22. The first-order chi connectivity index (χ1) is 8.95. The van der Waals surface area contributed by atoms with Gasteiger partial charge in [-0.1, -0.05) is 24.9 Å². The summed E-state index contributed by atoms with van der Waals surface area (Å²) >= 11 is 5.93. The van der Waals surface area contributed by atoms with E-state index in [4.69, 9.17) is 17.3 Å². The lowest BCUT2D eigenvalue weighted by atomic mass is 10.1. The van der Waals surface area contributed by atoms with Crippen LogP contribution in [0.1, 0.15) is 30.1 Å². The van der Waals surface area contributed by atoms with Gasteiger partial charge in [-0.25, -0.2) is 0 Å². The largest absolute Gasteiger partial charge is 0.508 e. The molecule has 0 saturated heterocycles. The standard InChI is InChI=1S/C13H17ClN2O3/c1-2-3-6-16(8-12(15)18)13(19)10-7-9(17)4-5-11(10)14/h4-5,7,17H,2-3,6,8H2,1H3,(H2,15,18). The average molecular weight is 285 g/mol. The van der Waals surface area contributed by atoms with Crippen LogP contribution in [0.2, 0.25) is 5.02 Å². The maximum atomic E-state index is 12.3. The number of unbranched alkanes of at least 4 members (excludes halogenated alkanes) is 1. The Bertz CT molecular complexity index is 477. The number of nitrogens with zero attached hydrogens (tertiary/aromatic N) is 1. The Balaban J connectivity index is 2.97. The van der Waals surface area contributed by atoms with Gasteiger partial charge in [-0.05, 0) is 24.6 Å². The van der Waals surface area contributed by atoms with Crippen molar-refractivity contribution in [1.82, 2.24) is 4.90 Å². The van der Waals surface area contributed by atoms with Gasteiger partial charge in [-0.2, -0.15) is 0 Å². The molecular weight excluding hydrogens is 268 g/mol. The number of carbonyl (C=O) groups is 2. The second-order valence-electron chi connectivity index (χ2n) is 4.21. The van der Waals surface area contributed by atoms with Gasteiger partial charge in [0.25, 0.3) is 5.91 Å². The van der Waals surface area contributed by atoms with Crippen LogP contribution in [0.15, 0.2) is 18.2 Å². The van der Waals surface area contributed by atoms with Crippen LogP contribution in [-0.4, -0.2) is 34.9 Å². The molecule has 0 fully saturated rings. The van der Waals surface area contributed by atoms with Crippen LogP contribution in [0, 0.1) is 0 Å². The molecule has 104 valence electrons. The number of aromatic hydroxyl groups is 1. The number of phenolic OH excluding ortho intramolecular Hbond substituents is 1. The van der Waals surface area contributed by atoms with Crippen molar-refractivity contribution >= 4 is 23.4 Å². The predicted octanol–water partition coefficient (Wildman–Crippen LogP) is 1.77. The first kappa shape index (κ1) is 15.3. The second-order valence-corrected chi connectivity index (χ2v) is 4.62. The number of amides is 2. The molecule has 2 amide bonds. The SMILES string of the molecule is CCCCN(CC(N)=O)C(=O)c1cc(O)ccc1Cl. The highest BCUT2D eigenvalue weighted by atomic mass is 35.5. The lowest BCUT2D eigenvalue weighted by Crippen LogP contribution is -2.39. The second kappa shape index (κ2) is 6.99. The van der Waals surface area contributed by atoms with Crippen molar-refractivity contribution in [1.29, 1.82) is 0 Å². The number of benzene rings is 1. The molecule has 1 aromatic carbocycles. The summed E-state index contributed by atoms with van der Waals surface area (Å²) in [6.45, 7) is 2.24. The van der Waals surface area contributed by atoms with Gasteiger partial charge >= 0.3 is 0 Å². The van der Waals surface area contributed by atoms with Gasteiger partial charge in [0.1, 0.15) is 5.75 Å². The summed E-state index contributed by atoms with van der Waals surface area (Å²) in [5, 5.41) is 9.64. The fourth-order valence-corrected chi connectivity index (χ4v) is 1.84. The molecule has 19 heavy (non-hydrogen) atoms. The third-order valence-corrected chi connectivity index (χ3v) is 2.93. The quantitative estimate of drug-likeness (QED) is 0.835. The first-order valence-electron chi connectivity index (χ1n) is 6.01. The molecule has 0 bridgehead atoms. The van der Waals surface area contributed by atoms with Crippen molar-refractivity contribution in [3.8, 4) is 5.75 Å². The Kier molecular flexibility index (Phi) is 5.63. The summed E-state index contributed by atoms with van der Waals surface area (Å²) in [6, 6.07) is 4.11. The predicted molar refractivity (Wildman–Crippen MR) is 73.1 cm³/mol. The molecular formula is C13H17ClN2O3. The molecule has 0 spiro atoms. The van der Waals surface area contributed by atoms with Gasteiger partial charge in [0, 0.05) is 6.54 Å². The monoisotopic (exact) mass is 284 g/mol. The van der Waals surface area contributed by atoms with Crippen LogP contribution in [0.25, 0.3) is 0 Å². The minimum atomic E-state index is -0.583. The number of nitrogens with two attached hydrogens (primary N) is 1. The summed E-state index contributed by atoms with van der Waals surface area (Å²) in [5.41, 5.74) is 5.30. The summed E-state index contributed by atoms with van der Waals surface area (Å²) in [5.74, 6) is -1.05. The minimum Gasteiger partial charge on any atom is -0.508 e. The van der Waals surface area contributed by atoms with Crippen LogP contribution >= 0.6 is 11.6 Å². The molecule has 0 unspecified atom stereocenters. The number of hydrogen-bond acceptors (Lipinski definition) is 3. The van der Waals surface area contributed by atoms with E-state index >= 15 is 0 Å². The van der Waals surface area contributed by atoms with E-state index in [9.17, 15) is 14.7 Å². The van der Waals surface area contributed by atoms with Crippen molar-refractivity contribution in [2.75, 3.05) is 13.1 Å². The molecule has 1 aromatic rings. The molecule has 0 aliphatic heterocycles. The Morgan fingerprint density at radius 3 is 2.68 bits per heavy atom. The fourth-order valence-electron chi connectivity index (χ4n) is 1.64. The van der Waals surface area contributed by atoms with Gasteiger partial charge in [0.05, 0.1) is 17.1 Å². The molecule has 0 heterocycles. The summed E-state index contributed by atoms with van der Waals surface area (Å²) in [4.78, 5) is 24.6. The number of halogens is 1. The third kappa shape index (κ3) is 4.44. The van der Waals surface area contributed by atoms with E-state index in [1.165, 1.54) is 23.1 Å². The molecule has 0 aliphatic rings. The Morgan fingerprint density at radius 2 is 2.11 bits per heavy atom. The summed E-state index contributed by atoms with van der Waals surface area (Å²) in [7, 11) is 0. The van der Waals surface area contributed by atoms with Crippen molar-refractivity contribution < 1.29 is 14.7 Å². The average Bonchev–Trinajstić information content (AvgIpc) is 2.36. The highest BCUT2D eigenvalue weighted by molar-refractivity contribution is 6.33. The molecule has 0 aliphatic carbocycles. The van der Waals surface area contributed by atoms with Crippen LogP contribution < -0.4 is 5.73 Å². The zero-order chi connectivity index (χ0) is 14.4. The Labute approximate surface area is 117 Å². The van der Waals surface area contributed by atoms with Crippen LogP contribution in [0.3, 0.4) is 0 Å². The molecule has 0 atom stereocenters. The van der Waals surface area contributed by atoms with E-state index in [-0.39, 0.29) is 22.9 Å². The normalized spacial score (nSPS) is 10.2. The van der Waals surface area contributed by atoms with E-state index in [1.807, 2.05) is 6.92 Å². The molecule has 0 radical (unpaired) electrons. The molecule has 0 saturated carbocycles. The van der Waals surface area contributed by atoms with E-state index in [0.717, 1.165) is 12.8 Å². The van der Waals surface area contributed by atoms with Crippen molar-refractivity contribution in [2.45, 2.75) is 19.8 Å². The topological polar surface area (TPSA) is 83.6 Å². The van der Waals surface area contributed by atoms with E-state index in [1.54, 1.807) is 0 Å². The minimum absolute atomic E-state index is 0.0535. The molecule has 3 N–H and O–H groups in total. The molecule has 0 aromatic heterocycles. The van der Waals surface area contributed by atoms with Crippen molar-refractivity contribution in [3.63, 3.8) is 0 Å². The van der Waals surface area contributed by atoms with E-state index in [2.05, 4.69) is 0 Å². The molecule has 5 nitrogen and oxygen atoms in total. The Morgan fingerprint density at radius 1 is 1.42 bits per heavy atom. The highest BCUT2D eigenvalue weighted by Gasteiger charge is 2.20. The zero-order valence-corrected chi connectivity index (χ0v) is 11.5. The first-order valence-corrected chi connectivity index (χ1v) is 6.39. The van der Waals surface area contributed by atoms with Crippen LogP contribution in [0.5, 0.6) is 5.75 Å². The summed E-state index contributed by atoms with van der Waals surface area (Å²) in [6.07, 6.45) is 1.64. The maximum absolute atomic E-state index is 12.3. The van der Waals surface area contributed by atoms with Gasteiger partial charge < -0.3 is 15.7 Å². The maximum Gasteiger partial charge on any atom is 0.255 e. The lowest BCUT2D eigenvalue weighted by molar-refractivity contribution is -0.118. The number of rotatable bonds is 6. The van der Waals surface area contributed by atoms with Gasteiger partial charge in [0.15, 0.2) is 0 Å². The Hall–Kier alpha value is -1.75.